The van der Waals surface area contributed by atoms with Crippen LogP contribution in [0.3, 0.4) is 0 Å². The molecule has 1 aliphatic rings. The number of amides is 2. The molecule has 28 heavy (non-hydrogen) atoms. The van der Waals surface area contributed by atoms with Gasteiger partial charge in [-0.3, -0.25) is 14.5 Å². The van der Waals surface area contributed by atoms with Crippen molar-refractivity contribution in [2.75, 3.05) is 11.9 Å². The van der Waals surface area contributed by atoms with Gasteiger partial charge in [-0.15, -0.1) is 0 Å². The first kappa shape index (κ1) is 20.1. The lowest BCUT2D eigenvalue weighted by atomic mass is 10.1. The van der Waals surface area contributed by atoms with E-state index in [0.717, 1.165) is 12.0 Å². The molecule has 1 fully saturated rings. The number of hydrogen-bond donors (Lipinski definition) is 2. The summed E-state index contributed by atoms with van der Waals surface area (Å²) in [7, 11) is 0. The number of thiocarbonyl (C=S) groups is 1. The molecule has 1 heterocycles. The van der Waals surface area contributed by atoms with Crippen molar-refractivity contribution in [3.63, 3.8) is 0 Å². The minimum atomic E-state index is -0.223. The Hall–Kier alpha value is -2.64. The number of phenolic OH excluding ortho intramolecular Hbond substituents is 1. The summed E-state index contributed by atoms with van der Waals surface area (Å²) < 4.78 is 0.457. The van der Waals surface area contributed by atoms with E-state index in [-0.39, 0.29) is 30.5 Å². The Bertz CT molecular complexity index is 922. The predicted octanol–water partition coefficient (Wildman–Crippen LogP) is 4.18. The zero-order valence-corrected chi connectivity index (χ0v) is 17.0. The second kappa shape index (κ2) is 9.03. The largest absolute Gasteiger partial charge is 0.508 e. The third-order valence-corrected chi connectivity index (χ3v) is 5.65. The molecule has 2 N–H and O–H groups in total. The van der Waals surface area contributed by atoms with Crippen molar-refractivity contribution in [3.8, 4) is 5.75 Å². The quantitative estimate of drug-likeness (QED) is 0.423. The lowest BCUT2D eigenvalue weighted by Gasteiger charge is -2.14. The summed E-state index contributed by atoms with van der Waals surface area (Å²) in [6.45, 7) is 2.32. The summed E-state index contributed by atoms with van der Waals surface area (Å²) >= 11 is 6.57. The number of carbonyl (C=O) groups excluding carboxylic acids is 2. The smallest absolute Gasteiger partial charge is 0.266 e. The average molecular weight is 413 g/mol. The van der Waals surface area contributed by atoms with Crippen LogP contribution in [0.2, 0.25) is 0 Å². The van der Waals surface area contributed by atoms with Gasteiger partial charge in [-0.1, -0.05) is 55.2 Å². The fourth-order valence-corrected chi connectivity index (χ4v) is 3.98. The highest BCUT2D eigenvalue weighted by molar-refractivity contribution is 8.26. The van der Waals surface area contributed by atoms with Crippen LogP contribution < -0.4 is 5.32 Å². The van der Waals surface area contributed by atoms with Crippen LogP contribution in [0.4, 0.5) is 5.69 Å². The minimum absolute atomic E-state index is 0.131. The molecule has 0 unspecified atom stereocenters. The standard InChI is InChI=1S/C21H20N2O3S2/c1-2-14-3-5-15(6-4-14)13-18-20(26)23(21(27)28-18)12-11-19(25)22-16-7-9-17(24)10-8-16/h3-10,13,24H,2,11-12H2,1H3,(H,22,25)/b18-13+. The Morgan fingerprint density at radius 1 is 1.18 bits per heavy atom. The van der Waals surface area contributed by atoms with Crippen molar-refractivity contribution in [3.05, 3.63) is 64.6 Å². The van der Waals surface area contributed by atoms with Gasteiger partial charge in [0.25, 0.3) is 5.91 Å². The van der Waals surface area contributed by atoms with Crippen LogP contribution in [0.15, 0.2) is 53.4 Å². The van der Waals surface area contributed by atoms with Gasteiger partial charge in [0.2, 0.25) is 5.91 Å². The van der Waals surface area contributed by atoms with E-state index in [4.69, 9.17) is 12.2 Å². The van der Waals surface area contributed by atoms with Crippen LogP contribution in [0.5, 0.6) is 5.75 Å². The fraction of sp³-hybridized carbons (Fsp3) is 0.190. The van der Waals surface area contributed by atoms with Crippen molar-refractivity contribution in [1.82, 2.24) is 4.90 Å². The number of aryl methyl sites for hydroxylation is 1. The molecule has 0 radical (unpaired) electrons. The van der Waals surface area contributed by atoms with Gasteiger partial charge in [-0.05, 0) is 47.9 Å². The first-order chi connectivity index (χ1) is 13.5. The van der Waals surface area contributed by atoms with Crippen LogP contribution in [0, 0.1) is 0 Å². The van der Waals surface area contributed by atoms with Gasteiger partial charge in [-0.2, -0.15) is 0 Å². The van der Waals surface area contributed by atoms with Crippen molar-refractivity contribution in [2.45, 2.75) is 19.8 Å². The number of aromatic hydroxyl groups is 1. The molecule has 7 heteroatoms. The van der Waals surface area contributed by atoms with Gasteiger partial charge >= 0.3 is 0 Å². The molecule has 1 saturated heterocycles. The van der Waals surface area contributed by atoms with E-state index >= 15 is 0 Å². The molecule has 0 aromatic heterocycles. The SMILES string of the molecule is CCc1ccc(/C=C2/SC(=S)N(CCC(=O)Nc3ccc(O)cc3)C2=O)cc1. The van der Waals surface area contributed by atoms with Gasteiger partial charge in [0.15, 0.2) is 0 Å². The molecule has 1 aliphatic heterocycles. The summed E-state index contributed by atoms with van der Waals surface area (Å²) in [6, 6.07) is 14.3. The summed E-state index contributed by atoms with van der Waals surface area (Å²) in [6.07, 6.45) is 2.93. The summed E-state index contributed by atoms with van der Waals surface area (Å²) in [5.74, 6) is -0.266. The zero-order valence-electron chi connectivity index (χ0n) is 15.3. The average Bonchev–Trinajstić information content (AvgIpc) is 2.95. The summed E-state index contributed by atoms with van der Waals surface area (Å²) in [5.41, 5.74) is 2.77. The van der Waals surface area contributed by atoms with E-state index in [0.29, 0.717) is 14.9 Å². The Morgan fingerprint density at radius 2 is 1.86 bits per heavy atom. The van der Waals surface area contributed by atoms with Gasteiger partial charge in [0.1, 0.15) is 10.1 Å². The van der Waals surface area contributed by atoms with Crippen molar-refractivity contribution < 1.29 is 14.7 Å². The number of phenols is 1. The molecular formula is C21H20N2O3S2. The van der Waals surface area contributed by atoms with E-state index in [2.05, 4.69) is 12.2 Å². The lowest BCUT2D eigenvalue weighted by Crippen LogP contribution is -2.31. The number of rotatable bonds is 6. The van der Waals surface area contributed by atoms with Crippen LogP contribution in [-0.4, -0.2) is 32.7 Å². The zero-order chi connectivity index (χ0) is 20.1. The minimum Gasteiger partial charge on any atom is -0.508 e. The normalized spacial score (nSPS) is 15.3. The van der Waals surface area contributed by atoms with Crippen LogP contribution >= 0.6 is 24.0 Å². The molecule has 2 amide bonds. The van der Waals surface area contributed by atoms with Crippen LogP contribution in [-0.2, 0) is 16.0 Å². The van der Waals surface area contributed by atoms with E-state index in [9.17, 15) is 14.7 Å². The molecule has 2 aromatic carbocycles. The number of hydrogen-bond acceptors (Lipinski definition) is 5. The Morgan fingerprint density at radius 3 is 2.50 bits per heavy atom. The number of nitrogens with one attached hydrogen (secondary N) is 1. The maximum absolute atomic E-state index is 12.6. The first-order valence-corrected chi connectivity index (χ1v) is 10.1. The molecule has 0 atom stereocenters. The van der Waals surface area contributed by atoms with Crippen LogP contribution in [0.25, 0.3) is 6.08 Å². The number of nitrogens with zero attached hydrogens (tertiary/aromatic N) is 1. The highest BCUT2D eigenvalue weighted by atomic mass is 32.2. The Kier molecular flexibility index (Phi) is 6.49. The third kappa shape index (κ3) is 4.99. The molecule has 0 bridgehead atoms. The first-order valence-electron chi connectivity index (χ1n) is 8.89. The van der Waals surface area contributed by atoms with Gasteiger partial charge in [0, 0.05) is 18.7 Å². The van der Waals surface area contributed by atoms with E-state index in [1.807, 2.05) is 30.3 Å². The second-order valence-corrected chi connectivity index (χ2v) is 7.95. The van der Waals surface area contributed by atoms with Crippen LogP contribution in [0.1, 0.15) is 24.5 Å². The number of benzene rings is 2. The monoisotopic (exact) mass is 412 g/mol. The number of carbonyl (C=O) groups is 2. The van der Waals surface area contributed by atoms with Crippen molar-refractivity contribution in [1.29, 1.82) is 0 Å². The van der Waals surface area contributed by atoms with Gasteiger partial charge in [0.05, 0.1) is 4.91 Å². The fourth-order valence-electron chi connectivity index (χ4n) is 2.68. The molecule has 5 nitrogen and oxygen atoms in total. The summed E-state index contributed by atoms with van der Waals surface area (Å²) in [5, 5.41) is 12.0. The molecule has 0 saturated carbocycles. The van der Waals surface area contributed by atoms with Gasteiger partial charge < -0.3 is 10.4 Å². The summed E-state index contributed by atoms with van der Waals surface area (Å²) in [4.78, 5) is 26.8. The molecular weight excluding hydrogens is 392 g/mol. The number of anilines is 1. The van der Waals surface area contributed by atoms with Crippen molar-refractivity contribution >= 4 is 51.9 Å². The van der Waals surface area contributed by atoms with Gasteiger partial charge in [-0.25, -0.2) is 0 Å². The molecule has 3 rings (SSSR count). The lowest BCUT2D eigenvalue weighted by molar-refractivity contribution is -0.122. The molecule has 0 aliphatic carbocycles. The topological polar surface area (TPSA) is 69.6 Å². The highest BCUT2D eigenvalue weighted by Crippen LogP contribution is 2.32. The maximum atomic E-state index is 12.6. The highest BCUT2D eigenvalue weighted by Gasteiger charge is 2.32. The van der Waals surface area contributed by atoms with E-state index < -0.39 is 0 Å². The molecule has 144 valence electrons. The van der Waals surface area contributed by atoms with E-state index in [1.165, 1.54) is 34.4 Å². The third-order valence-electron chi connectivity index (χ3n) is 4.27. The molecule has 0 spiro atoms. The Labute approximate surface area is 173 Å². The second-order valence-electron chi connectivity index (χ2n) is 6.27. The maximum Gasteiger partial charge on any atom is 0.266 e. The van der Waals surface area contributed by atoms with E-state index in [1.54, 1.807) is 12.1 Å². The Balaban J connectivity index is 1.59. The van der Waals surface area contributed by atoms with Crippen molar-refractivity contribution in [2.24, 2.45) is 0 Å². The number of thioether (sulfide) groups is 1. The predicted molar refractivity (Wildman–Crippen MR) is 117 cm³/mol. The molecule has 2 aromatic rings.